The highest BCUT2D eigenvalue weighted by Gasteiger charge is 2.27. The molecule has 1 aliphatic rings. The van der Waals surface area contributed by atoms with Gasteiger partial charge in [-0.3, -0.25) is 4.79 Å². The lowest BCUT2D eigenvalue weighted by Crippen LogP contribution is -2.43. The Morgan fingerprint density at radius 1 is 1.53 bits per heavy atom. The topological polar surface area (TPSA) is 72.3 Å². The van der Waals surface area contributed by atoms with Crippen LogP contribution in [0.1, 0.15) is 23.7 Å². The number of carbonyl (C=O) groups excluding carboxylic acids is 1. The van der Waals surface area contributed by atoms with Crippen LogP contribution in [0.5, 0.6) is 0 Å². The SMILES string of the molecule is CC1CCN(c2cccc(Cl)c2C(N)=O)CC1CN. The Kier molecular flexibility index (Phi) is 4.32. The normalized spacial score (nSPS) is 23.4. The van der Waals surface area contributed by atoms with Crippen molar-refractivity contribution in [3.8, 4) is 0 Å². The summed E-state index contributed by atoms with van der Waals surface area (Å²) >= 11 is 6.09. The Bertz CT molecular complexity index is 478. The molecule has 1 aromatic rings. The molecule has 1 aliphatic heterocycles. The summed E-state index contributed by atoms with van der Waals surface area (Å²) in [5.41, 5.74) is 12.5. The first-order valence-corrected chi connectivity index (χ1v) is 6.95. The summed E-state index contributed by atoms with van der Waals surface area (Å²) in [4.78, 5) is 13.8. The summed E-state index contributed by atoms with van der Waals surface area (Å²) in [6.45, 7) is 4.63. The lowest BCUT2D eigenvalue weighted by atomic mass is 9.86. The second-order valence-electron chi connectivity index (χ2n) is 5.21. The van der Waals surface area contributed by atoms with Gasteiger partial charge in [-0.05, 0) is 36.9 Å². The van der Waals surface area contributed by atoms with Crippen LogP contribution in [0.4, 0.5) is 5.69 Å². The van der Waals surface area contributed by atoms with Gasteiger partial charge in [0.1, 0.15) is 0 Å². The zero-order valence-electron chi connectivity index (χ0n) is 11.1. The van der Waals surface area contributed by atoms with Gasteiger partial charge in [0.25, 0.3) is 5.91 Å². The molecule has 5 heteroatoms. The smallest absolute Gasteiger partial charge is 0.252 e. The van der Waals surface area contributed by atoms with Gasteiger partial charge < -0.3 is 16.4 Å². The number of anilines is 1. The average molecular weight is 282 g/mol. The second-order valence-corrected chi connectivity index (χ2v) is 5.61. The highest BCUT2D eigenvalue weighted by atomic mass is 35.5. The van der Waals surface area contributed by atoms with Crippen molar-refractivity contribution in [1.82, 2.24) is 0 Å². The fourth-order valence-electron chi connectivity index (χ4n) is 2.70. The van der Waals surface area contributed by atoms with Crippen LogP contribution in [-0.2, 0) is 0 Å². The van der Waals surface area contributed by atoms with Crippen LogP contribution in [0.25, 0.3) is 0 Å². The zero-order valence-corrected chi connectivity index (χ0v) is 11.9. The third-order valence-electron chi connectivity index (χ3n) is 4.00. The first-order chi connectivity index (χ1) is 9.04. The van der Waals surface area contributed by atoms with Gasteiger partial charge in [0.2, 0.25) is 0 Å². The Labute approximate surface area is 118 Å². The molecule has 1 aromatic carbocycles. The lowest BCUT2D eigenvalue weighted by molar-refractivity contribution is 0.100. The molecule has 2 rings (SSSR count). The van der Waals surface area contributed by atoms with E-state index in [1.54, 1.807) is 6.07 Å². The Balaban J connectivity index is 2.32. The van der Waals surface area contributed by atoms with Crippen molar-refractivity contribution >= 4 is 23.2 Å². The van der Waals surface area contributed by atoms with Crippen molar-refractivity contribution < 1.29 is 4.79 Å². The van der Waals surface area contributed by atoms with Crippen LogP contribution < -0.4 is 16.4 Å². The van der Waals surface area contributed by atoms with Crippen molar-refractivity contribution in [3.05, 3.63) is 28.8 Å². The zero-order chi connectivity index (χ0) is 14.0. The molecule has 0 bridgehead atoms. The van der Waals surface area contributed by atoms with Gasteiger partial charge in [-0.15, -0.1) is 0 Å². The van der Waals surface area contributed by atoms with Crippen LogP contribution in [-0.4, -0.2) is 25.5 Å². The van der Waals surface area contributed by atoms with Crippen molar-refractivity contribution in [2.24, 2.45) is 23.3 Å². The van der Waals surface area contributed by atoms with Gasteiger partial charge in [0.05, 0.1) is 16.3 Å². The summed E-state index contributed by atoms with van der Waals surface area (Å²) in [6.07, 6.45) is 1.06. The molecule has 4 N–H and O–H groups in total. The number of rotatable bonds is 3. The maximum Gasteiger partial charge on any atom is 0.252 e. The van der Waals surface area contributed by atoms with Crippen molar-refractivity contribution in [1.29, 1.82) is 0 Å². The highest BCUT2D eigenvalue weighted by Crippen LogP contribution is 2.32. The number of carbonyl (C=O) groups is 1. The van der Waals surface area contributed by atoms with E-state index in [1.165, 1.54) is 0 Å². The molecule has 19 heavy (non-hydrogen) atoms. The molecule has 0 aliphatic carbocycles. The molecule has 0 radical (unpaired) electrons. The molecular weight excluding hydrogens is 262 g/mol. The van der Waals surface area contributed by atoms with E-state index in [9.17, 15) is 4.79 Å². The van der Waals surface area contributed by atoms with Crippen LogP contribution in [0.3, 0.4) is 0 Å². The third-order valence-corrected chi connectivity index (χ3v) is 4.31. The van der Waals surface area contributed by atoms with Gasteiger partial charge in [-0.2, -0.15) is 0 Å². The minimum atomic E-state index is -0.483. The molecule has 1 saturated heterocycles. The summed E-state index contributed by atoms with van der Waals surface area (Å²) in [7, 11) is 0. The summed E-state index contributed by atoms with van der Waals surface area (Å²) < 4.78 is 0. The number of piperidine rings is 1. The molecule has 1 heterocycles. The Morgan fingerprint density at radius 3 is 2.89 bits per heavy atom. The quantitative estimate of drug-likeness (QED) is 0.888. The maximum atomic E-state index is 11.6. The van der Waals surface area contributed by atoms with Crippen LogP contribution in [0.15, 0.2) is 18.2 Å². The van der Waals surface area contributed by atoms with Crippen LogP contribution in [0, 0.1) is 11.8 Å². The van der Waals surface area contributed by atoms with E-state index >= 15 is 0 Å². The van der Waals surface area contributed by atoms with Gasteiger partial charge in [0, 0.05) is 13.1 Å². The molecular formula is C14H20ClN3O. The molecule has 0 aromatic heterocycles. The van der Waals surface area contributed by atoms with Crippen LogP contribution in [0.2, 0.25) is 5.02 Å². The van der Waals surface area contributed by atoms with E-state index in [1.807, 2.05) is 12.1 Å². The molecule has 2 atom stereocenters. The average Bonchev–Trinajstić information content (AvgIpc) is 2.38. The van der Waals surface area contributed by atoms with Gasteiger partial charge in [0.15, 0.2) is 0 Å². The molecule has 0 saturated carbocycles. The summed E-state index contributed by atoms with van der Waals surface area (Å²) in [5, 5.41) is 0.410. The Hall–Kier alpha value is -1.26. The van der Waals surface area contributed by atoms with E-state index in [0.29, 0.717) is 29.0 Å². The number of primary amides is 1. The predicted octanol–water partition coefficient (Wildman–Crippen LogP) is 1.86. The standard InChI is InChI=1S/C14H20ClN3O/c1-9-5-6-18(8-10(9)7-16)12-4-2-3-11(15)13(12)14(17)19/h2-4,9-10H,5-8,16H2,1H3,(H2,17,19). The summed E-state index contributed by atoms with van der Waals surface area (Å²) in [5.74, 6) is 0.564. The predicted molar refractivity (Wildman–Crippen MR) is 78.5 cm³/mol. The molecule has 1 amide bonds. The number of halogens is 1. The van der Waals surface area contributed by atoms with E-state index in [4.69, 9.17) is 23.1 Å². The third kappa shape index (κ3) is 2.85. The monoisotopic (exact) mass is 281 g/mol. The number of nitrogens with zero attached hydrogens (tertiary/aromatic N) is 1. The minimum absolute atomic E-state index is 0.410. The van der Waals surface area contributed by atoms with Crippen molar-refractivity contribution in [3.63, 3.8) is 0 Å². The molecule has 1 fully saturated rings. The summed E-state index contributed by atoms with van der Waals surface area (Å²) in [6, 6.07) is 5.44. The number of benzene rings is 1. The number of hydrogen-bond donors (Lipinski definition) is 2. The molecule has 4 nitrogen and oxygen atoms in total. The van der Waals surface area contributed by atoms with Gasteiger partial charge in [-0.1, -0.05) is 24.6 Å². The van der Waals surface area contributed by atoms with Gasteiger partial charge >= 0.3 is 0 Å². The van der Waals surface area contributed by atoms with Crippen molar-refractivity contribution in [2.45, 2.75) is 13.3 Å². The van der Waals surface area contributed by atoms with Crippen LogP contribution >= 0.6 is 11.6 Å². The van der Waals surface area contributed by atoms with E-state index in [2.05, 4.69) is 11.8 Å². The molecule has 0 spiro atoms. The Morgan fingerprint density at radius 2 is 2.26 bits per heavy atom. The number of hydrogen-bond acceptors (Lipinski definition) is 3. The molecule has 104 valence electrons. The van der Waals surface area contributed by atoms with E-state index in [0.717, 1.165) is 25.2 Å². The maximum absolute atomic E-state index is 11.6. The highest BCUT2D eigenvalue weighted by molar-refractivity contribution is 6.34. The first kappa shape index (κ1) is 14.2. The second kappa shape index (κ2) is 5.80. The first-order valence-electron chi connectivity index (χ1n) is 6.58. The number of nitrogens with two attached hydrogens (primary N) is 2. The molecule has 2 unspecified atom stereocenters. The van der Waals surface area contributed by atoms with E-state index in [-0.39, 0.29) is 0 Å². The van der Waals surface area contributed by atoms with Gasteiger partial charge in [-0.25, -0.2) is 0 Å². The van der Waals surface area contributed by atoms with E-state index < -0.39 is 5.91 Å². The fourth-order valence-corrected chi connectivity index (χ4v) is 2.96. The van der Waals surface area contributed by atoms with Crippen molar-refractivity contribution in [2.75, 3.05) is 24.5 Å². The largest absolute Gasteiger partial charge is 0.370 e. The number of amides is 1. The lowest BCUT2D eigenvalue weighted by Gasteiger charge is -2.38. The minimum Gasteiger partial charge on any atom is -0.370 e. The fraction of sp³-hybridized carbons (Fsp3) is 0.500.